The van der Waals surface area contributed by atoms with Crippen molar-refractivity contribution >= 4 is 0 Å². The van der Waals surface area contributed by atoms with Crippen molar-refractivity contribution < 1.29 is 0 Å². The summed E-state index contributed by atoms with van der Waals surface area (Å²) in [6.45, 7) is 16.0. The van der Waals surface area contributed by atoms with Gasteiger partial charge in [0.1, 0.15) is 0 Å². The summed E-state index contributed by atoms with van der Waals surface area (Å²) in [4.78, 5) is 0. The van der Waals surface area contributed by atoms with Gasteiger partial charge < -0.3 is 0 Å². The Balaban J connectivity index is 0.000000970. The van der Waals surface area contributed by atoms with E-state index in [9.17, 15) is 0 Å². The minimum Gasteiger partial charge on any atom is -0.0999 e. The SMILES string of the molecule is C.C=C(CC)CCCC1CCC2C1CCC1C3(C)CCCCC3CCC21C.CC. The van der Waals surface area contributed by atoms with Gasteiger partial charge in [0.2, 0.25) is 0 Å². The van der Waals surface area contributed by atoms with E-state index in [4.69, 9.17) is 0 Å². The third-order valence-electron chi connectivity index (χ3n) is 10.3. The standard InChI is InChI=1S/C26H44.C2H6.CH4/c1-5-19(2)9-8-10-20-12-14-23-22(20)13-15-24-25(3)17-7-6-11-21(25)16-18-26(23,24)4;1-2;/h20-24H,2,5-18H2,1,3-4H3;1-2H3;1H4. The number of rotatable bonds is 5. The number of hydrogen-bond acceptors (Lipinski definition) is 0. The van der Waals surface area contributed by atoms with Crippen molar-refractivity contribution in [3.05, 3.63) is 12.2 Å². The topological polar surface area (TPSA) is 0 Å². The van der Waals surface area contributed by atoms with E-state index in [2.05, 4.69) is 27.4 Å². The fourth-order valence-corrected chi connectivity index (χ4v) is 8.79. The molecule has 0 saturated heterocycles. The van der Waals surface area contributed by atoms with Crippen molar-refractivity contribution in [3.63, 3.8) is 0 Å². The largest absolute Gasteiger partial charge is 0.0999 e. The molecule has 0 aromatic carbocycles. The van der Waals surface area contributed by atoms with Crippen LogP contribution in [0.2, 0.25) is 0 Å². The van der Waals surface area contributed by atoms with Crippen LogP contribution in [0.5, 0.6) is 0 Å². The van der Waals surface area contributed by atoms with Crippen LogP contribution in [-0.4, -0.2) is 0 Å². The second-order valence-electron chi connectivity index (χ2n) is 11.2. The van der Waals surface area contributed by atoms with E-state index in [-0.39, 0.29) is 7.43 Å². The van der Waals surface area contributed by atoms with Gasteiger partial charge in [0.15, 0.2) is 0 Å². The maximum absolute atomic E-state index is 4.23. The predicted octanol–water partition coefficient (Wildman–Crippen LogP) is 9.83. The van der Waals surface area contributed by atoms with Gasteiger partial charge in [-0.25, -0.2) is 0 Å². The van der Waals surface area contributed by atoms with Crippen LogP contribution < -0.4 is 0 Å². The normalized spacial score (nSPS) is 43.0. The van der Waals surface area contributed by atoms with Gasteiger partial charge >= 0.3 is 0 Å². The van der Waals surface area contributed by atoms with Gasteiger partial charge in [0.25, 0.3) is 0 Å². The van der Waals surface area contributed by atoms with Gasteiger partial charge in [-0.15, -0.1) is 0 Å². The molecule has 0 N–H and O–H groups in total. The third kappa shape index (κ3) is 4.52. The molecule has 0 heterocycles. The number of fused-ring (bicyclic) bond motifs is 5. The molecule has 4 rings (SSSR count). The highest BCUT2D eigenvalue weighted by molar-refractivity contribution is 5.10. The fraction of sp³-hybridized carbons (Fsp3) is 0.931. The quantitative estimate of drug-likeness (QED) is 0.401. The Morgan fingerprint density at radius 1 is 0.897 bits per heavy atom. The number of hydrogen-bond donors (Lipinski definition) is 0. The summed E-state index contributed by atoms with van der Waals surface area (Å²) in [5, 5.41) is 0. The summed E-state index contributed by atoms with van der Waals surface area (Å²) in [5.41, 5.74) is 2.83. The highest BCUT2D eigenvalue weighted by Gasteiger charge is 2.60. The van der Waals surface area contributed by atoms with E-state index in [0.29, 0.717) is 10.8 Å². The van der Waals surface area contributed by atoms with Gasteiger partial charge in [0, 0.05) is 0 Å². The molecule has 0 aromatic heterocycles. The summed E-state index contributed by atoms with van der Waals surface area (Å²) in [6, 6.07) is 0. The van der Waals surface area contributed by atoms with Crippen molar-refractivity contribution in [1.82, 2.24) is 0 Å². The summed E-state index contributed by atoms with van der Waals surface area (Å²) < 4.78 is 0. The average Bonchev–Trinajstić information content (AvgIpc) is 3.13. The lowest BCUT2D eigenvalue weighted by Gasteiger charge is -2.63. The van der Waals surface area contributed by atoms with Crippen LogP contribution >= 0.6 is 0 Å². The fourth-order valence-electron chi connectivity index (χ4n) is 8.79. The monoisotopic (exact) mass is 402 g/mol. The van der Waals surface area contributed by atoms with Crippen molar-refractivity contribution in [2.24, 2.45) is 40.4 Å². The van der Waals surface area contributed by atoms with Crippen LogP contribution in [0.4, 0.5) is 0 Å². The number of allylic oxidation sites excluding steroid dienone is 1. The minimum absolute atomic E-state index is 0. The summed E-state index contributed by atoms with van der Waals surface area (Å²) in [6.07, 6.45) is 20.8. The maximum Gasteiger partial charge on any atom is -0.0261 e. The first-order chi connectivity index (χ1) is 13.5. The highest BCUT2D eigenvalue weighted by Crippen LogP contribution is 2.69. The minimum atomic E-state index is 0. The molecule has 0 bridgehead atoms. The van der Waals surface area contributed by atoms with Gasteiger partial charge in [-0.3, -0.25) is 0 Å². The Kier molecular flexibility index (Phi) is 8.94. The van der Waals surface area contributed by atoms with Gasteiger partial charge in [0.05, 0.1) is 0 Å². The van der Waals surface area contributed by atoms with Crippen LogP contribution in [0, 0.1) is 40.4 Å². The first-order valence-electron chi connectivity index (χ1n) is 13.2. The maximum atomic E-state index is 4.23. The van der Waals surface area contributed by atoms with Crippen molar-refractivity contribution in [1.29, 1.82) is 0 Å². The molecule has 170 valence electrons. The van der Waals surface area contributed by atoms with Crippen molar-refractivity contribution in [2.45, 2.75) is 132 Å². The lowest BCUT2D eigenvalue weighted by Crippen LogP contribution is -2.55. The average molecular weight is 403 g/mol. The molecule has 0 amide bonds. The predicted molar refractivity (Wildman–Crippen MR) is 131 cm³/mol. The third-order valence-corrected chi connectivity index (χ3v) is 10.3. The lowest BCUT2D eigenvalue weighted by molar-refractivity contribution is -0.142. The highest BCUT2D eigenvalue weighted by atomic mass is 14.7. The van der Waals surface area contributed by atoms with Crippen molar-refractivity contribution in [2.75, 3.05) is 0 Å². The molecule has 4 aliphatic rings. The van der Waals surface area contributed by atoms with Gasteiger partial charge in [-0.1, -0.05) is 67.0 Å². The molecule has 7 unspecified atom stereocenters. The van der Waals surface area contributed by atoms with Gasteiger partial charge in [-0.05, 0) is 117 Å². The molecule has 7 atom stereocenters. The zero-order chi connectivity index (χ0) is 20.4. The molecule has 0 heteroatoms. The van der Waals surface area contributed by atoms with E-state index >= 15 is 0 Å². The van der Waals surface area contributed by atoms with E-state index in [1.165, 1.54) is 56.9 Å². The molecular weight excluding hydrogens is 348 g/mol. The molecule has 29 heavy (non-hydrogen) atoms. The second-order valence-corrected chi connectivity index (χ2v) is 11.2. The molecule has 4 aliphatic carbocycles. The smallest absolute Gasteiger partial charge is 0.0261 e. The molecule has 0 nitrogen and oxygen atoms in total. The molecule has 0 aliphatic heterocycles. The molecule has 0 aromatic rings. The van der Waals surface area contributed by atoms with E-state index in [1.54, 1.807) is 38.5 Å². The molecule has 4 saturated carbocycles. The van der Waals surface area contributed by atoms with Crippen molar-refractivity contribution in [3.8, 4) is 0 Å². The Morgan fingerprint density at radius 2 is 1.66 bits per heavy atom. The zero-order valence-corrected chi connectivity index (χ0v) is 20.0. The Labute approximate surface area is 184 Å². The first kappa shape index (κ1) is 25.0. The van der Waals surface area contributed by atoms with E-state index in [0.717, 1.165) is 29.6 Å². The van der Waals surface area contributed by atoms with Crippen LogP contribution in [0.15, 0.2) is 12.2 Å². The zero-order valence-electron chi connectivity index (χ0n) is 20.0. The van der Waals surface area contributed by atoms with Gasteiger partial charge in [-0.2, -0.15) is 0 Å². The van der Waals surface area contributed by atoms with Crippen LogP contribution in [-0.2, 0) is 0 Å². The second kappa shape index (κ2) is 10.4. The van der Waals surface area contributed by atoms with Crippen LogP contribution in [0.3, 0.4) is 0 Å². The van der Waals surface area contributed by atoms with E-state index in [1.807, 2.05) is 13.8 Å². The first-order valence-corrected chi connectivity index (χ1v) is 13.2. The summed E-state index contributed by atoms with van der Waals surface area (Å²) in [7, 11) is 0. The Hall–Kier alpha value is -0.260. The Morgan fingerprint density at radius 3 is 2.38 bits per heavy atom. The molecular formula is C29H54. The Bertz CT molecular complexity index is 518. The van der Waals surface area contributed by atoms with Crippen LogP contribution in [0.1, 0.15) is 132 Å². The summed E-state index contributed by atoms with van der Waals surface area (Å²) in [5.74, 6) is 5.26. The van der Waals surface area contributed by atoms with E-state index < -0.39 is 0 Å². The lowest BCUT2D eigenvalue weighted by atomic mass is 9.41. The molecule has 0 radical (unpaired) electrons. The van der Waals surface area contributed by atoms with Crippen LogP contribution in [0.25, 0.3) is 0 Å². The summed E-state index contributed by atoms with van der Waals surface area (Å²) >= 11 is 0. The molecule has 0 spiro atoms. The molecule has 4 fully saturated rings.